The summed E-state index contributed by atoms with van der Waals surface area (Å²) < 4.78 is 0. The molecule has 1 saturated heterocycles. The molecule has 1 fully saturated rings. The lowest BCUT2D eigenvalue weighted by molar-refractivity contribution is 0.338. The minimum atomic E-state index is 0.239. The zero-order valence-electron chi connectivity index (χ0n) is 10.1. The molecule has 1 aliphatic rings. The fourth-order valence-corrected chi connectivity index (χ4v) is 2.25. The zero-order chi connectivity index (χ0) is 11.1. The molecule has 0 aromatic heterocycles. The van der Waals surface area contributed by atoms with Crippen molar-refractivity contribution in [3.05, 3.63) is 0 Å². The molecule has 1 aliphatic heterocycles. The Hall–Kier alpha value is -0.520. The lowest BCUT2D eigenvalue weighted by Gasteiger charge is -2.27. The second-order valence-electron chi connectivity index (χ2n) is 4.58. The van der Waals surface area contributed by atoms with E-state index < -0.39 is 0 Å². The molecule has 2 heteroatoms. The van der Waals surface area contributed by atoms with Gasteiger partial charge in [0.15, 0.2) is 0 Å². The van der Waals surface area contributed by atoms with Gasteiger partial charge in [0.05, 0.1) is 6.04 Å². The summed E-state index contributed by atoms with van der Waals surface area (Å²) in [5.41, 5.74) is 0. The lowest BCUT2D eigenvalue weighted by atomic mass is 9.98. The smallest absolute Gasteiger partial charge is 0.0686 e. The van der Waals surface area contributed by atoms with Crippen LogP contribution in [0.3, 0.4) is 0 Å². The van der Waals surface area contributed by atoms with Gasteiger partial charge in [-0.1, -0.05) is 19.3 Å². The summed E-state index contributed by atoms with van der Waals surface area (Å²) in [6, 6.07) is 1.45. The topological polar surface area (TPSA) is 24.1 Å². The van der Waals surface area contributed by atoms with Crippen LogP contribution in [0.15, 0.2) is 0 Å². The average molecular weight is 208 g/mol. The fraction of sp³-hybridized carbons (Fsp3) is 0.846. The van der Waals surface area contributed by atoms with E-state index in [1.54, 1.807) is 0 Å². The molecule has 86 valence electrons. The Morgan fingerprint density at radius 1 is 1.53 bits per heavy atom. The van der Waals surface area contributed by atoms with Crippen molar-refractivity contribution in [2.24, 2.45) is 0 Å². The van der Waals surface area contributed by atoms with Crippen LogP contribution in [-0.4, -0.2) is 24.7 Å². The van der Waals surface area contributed by atoms with Crippen molar-refractivity contribution in [2.75, 3.05) is 6.54 Å². The Balaban J connectivity index is 2.22. The van der Waals surface area contributed by atoms with Crippen LogP contribution in [0.5, 0.6) is 0 Å². The van der Waals surface area contributed by atoms with E-state index in [4.69, 9.17) is 6.42 Å². The fourth-order valence-electron chi connectivity index (χ4n) is 2.25. The SMILES string of the molecule is C#CC(CC)NC(C)CC1CCCCN1. The summed E-state index contributed by atoms with van der Waals surface area (Å²) >= 11 is 0. The minimum absolute atomic E-state index is 0.239. The van der Waals surface area contributed by atoms with Crippen molar-refractivity contribution in [1.82, 2.24) is 10.6 Å². The molecule has 0 aromatic rings. The molecule has 0 bridgehead atoms. The predicted molar refractivity (Wildman–Crippen MR) is 65.8 cm³/mol. The number of piperidine rings is 1. The Morgan fingerprint density at radius 3 is 2.87 bits per heavy atom. The van der Waals surface area contributed by atoms with E-state index in [9.17, 15) is 0 Å². The first-order valence-corrected chi connectivity index (χ1v) is 6.21. The maximum Gasteiger partial charge on any atom is 0.0686 e. The molecule has 1 heterocycles. The summed E-state index contributed by atoms with van der Waals surface area (Å²) in [5, 5.41) is 7.06. The van der Waals surface area contributed by atoms with Gasteiger partial charge in [-0.25, -0.2) is 0 Å². The number of terminal acetylenes is 1. The van der Waals surface area contributed by atoms with Crippen molar-refractivity contribution in [2.45, 2.75) is 64.1 Å². The molecule has 2 nitrogen and oxygen atoms in total. The van der Waals surface area contributed by atoms with Crippen LogP contribution in [-0.2, 0) is 0 Å². The highest BCUT2D eigenvalue weighted by Crippen LogP contribution is 2.12. The Kier molecular flexibility index (Phi) is 5.75. The molecule has 15 heavy (non-hydrogen) atoms. The van der Waals surface area contributed by atoms with E-state index in [1.807, 2.05) is 0 Å². The minimum Gasteiger partial charge on any atom is -0.314 e. The molecule has 0 aromatic carbocycles. The van der Waals surface area contributed by atoms with Gasteiger partial charge in [0.2, 0.25) is 0 Å². The normalized spacial score (nSPS) is 25.5. The first-order chi connectivity index (χ1) is 7.26. The van der Waals surface area contributed by atoms with Crippen LogP contribution >= 0.6 is 0 Å². The first kappa shape index (κ1) is 12.5. The first-order valence-electron chi connectivity index (χ1n) is 6.21. The van der Waals surface area contributed by atoms with Crippen LogP contribution in [0.1, 0.15) is 46.0 Å². The number of rotatable bonds is 5. The quantitative estimate of drug-likeness (QED) is 0.674. The van der Waals surface area contributed by atoms with Crippen molar-refractivity contribution in [3.8, 4) is 12.3 Å². The summed E-state index contributed by atoms with van der Waals surface area (Å²) in [6.45, 7) is 5.54. The van der Waals surface area contributed by atoms with E-state index >= 15 is 0 Å². The highest BCUT2D eigenvalue weighted by molar-refractivity contribution is 4.99. The van der Waals surface area contributed by atoms with Gasteiger partial charge in [0.25, 0.3) is 0 Å². The van der Waals surface area contributed by atoms with Gasteiger partial charge < -0.3 is 10.6 Å². The van der Waals surface area contributed by atoms with E-state index in [0.717, 1.165) is 6.42 Å². The molecule has 0 saturated carbocycles. The maximum absolute atomic E-state index is 5.44. The van der Waals surface area contributed by atoms with Gasteiger partial charge in [-0.2, -0.15) is 0 Å². The van der Waals surface area contributed by atoms with Gasteiger partial charge in [-0.3, -0.25) is 0 Å². The second-order valence-corrected chi connectivity index (χ2v) is 4.58. The lowest BCUT2D eigenvalue weighted by Crippen LogP contribution is -2.42. The summed E-state index contributed by atoms with van der Waals surface area (Å²) in [7, 11) is 0. The molecule has 0 amide bonds. The van der Waals surface area contributed by atoms with Gasteiger partial charge in [-0.05, 0) is 39.2 Å². The predicted octanol–water partition coefficient (Wildman–Crippen LogP) is 1.91. The van der Waals surface area contributed by atoms with Crippen LogP contribution in [0.4, 0.5) is 0 Å². The standard InChI is InChI=1S/C13H24N2/c1-4-12(5-2)15-11(3)10-13-8-6-7-9-14-13/h1,11-15H,5-10H2,2-3H3. The molecule has 3 unspecified atom stereocenters. The average Bonchev–Trinajstić information content (AvgIpc) is 2.27. The van der Waals surface area contributed by atoms with E-state index in [1.165, 1.54) is 32.2 Å². The van der Waals surface area contributed by atoms with Crippen molar-refractivity contribution in [3.63, 3.8) is 0 Å². The molecule has 0 spiro atoms. The van der Waals surface area contributed by atoms with Crippen LogP contribution in [0, 0.1) is 12.3 Å². The molecule has 0 radical (unpaired) electrons. The molecule has 0 aliphatic carbocycles. The summed E-state index contributed by atoms with van der Waals surface area (Å²) in [5.74, 6) is 2.79. The second kappa shape index (κ2) is 6.87. The maximum atomic E-state index is 5.44. The van der Waals surface area contributed by atoms with Crippen molar-refractivity contribution in [1.29, 1.82) is 0 Å². The van der Waals surface area contributed by atoms with Crippen molar-refractivity contribution < 1.29 is 0 Å². The summed E-state index contributed by atoms with van der Waals surface area (Å²) in [4.78, 5) is 0. The van der Waals surface area contributed by atoms with E-state index in [2.05, 4.69) is 30.4 Å². The number of nitrogens with one attached hydrogen (secondary N) is 2. The molecule has 3 atom stereocenters. The third kappa shape index (κ3) is 4.68. The number of hydrogen-bond acceptors (Lipinski definition) is 2. The van der Waals surface area contributed by atoms with Crippen LogP contribution in [0.25, 0.3) is 0 Å². The molecular formula is C13H24N2. The van der Waals surface area contributed by atoms with Crippen molar-refractivity contribution >= 4 is 0 Å². The largest absolute Gasteiger partial charge is 0.314 e. The van der Waals surface area contributed by atoms with Gasteiger partial charge >= 0.3 is 0 Å². The zero-order valence-corrected chi connectivity index (χ0v) is 10.1. The Labute approximate surface area is 94.2 Å². The number of hydrogen-bond donors (Lipinski definition) is 2. The third-order valence-electron chi connectivity index (χ3n) is 3.15. The Bertz CT molecular complexity index is 201. The van der Waals surface area contributed by atoms with Crippen LogP contribution < -0.4 is 10.6 Å². The van der Waals surface area contributed by atoms with Crippen LogP contribution in [0.2, 0.25) is 0 Å². The van der Waals surface area contributed by atoms with Gasteiger partial charge in [0, 0.05) is 12.1 Å². The highest BCUT2D eigenvalue weighted by atomic mass is 15.0. The Morgan fingerprint density at radius 2 is 2.33 bits per heavy atom. The van der Waals surface area contributed by atoms with Gasteiger partial charge in [-0.15, -0.1) is 6.42 Å². The molecule has 2 N–H and O–H groups in total. The molecule has 1 rings (SSSR count). The monoisotopic (exact) mass is 208 g/mol. The van der Waals surface area contributed by atoms with E-state index in [-0.39, 0.29) is 6.04 Å². The third-order valence-corrected chi connectivity index (χ3v) is 3.15. The van der Waals surface area contributed by atoms with Gasteiger partial charge in [0.1, 0.15) is 0 Å². The van der Waals surface area contributed by atoms with E-state index in [0.29, 0.717) is 12.1 Å². The molecular weight excluding hydrogens is 184 g/mol. The highest BCUT2D eigenvalue weighted by Gasteiger charge is 2.16. The summed E-state index contributed by atoms with van der Waals surface area (Å²) in [6.07, 6.45) is 11.7.